The van der Waals surface area contributed by atoms with Crippen LogP contribution < -0.4 is 11.1 Å². The van der Waals surface area contributed by atoms with Crippen LogP contribution in [0.2, 0.25) is 0 Å². The highest BCUT2D eigenvalue weighted by Gasteiger charge is 2.42. The average molecular weight is 295 g/mol. The lowest BCUT2D eigenvalue weighted by atomic mass is 9.81. The highest BCUT2D eigenvalue weighted by atomic mass is 19.4. The van der Waals surface area contributed by atoms with Crippen LogP contribution in [0, 0.1) is 17.8 Å². The van der Waals surface area contributed by atoms with E-state index in [0.717, 1.165) is 25.2 Å². The molecule has 0 aromatic rings. The molecule has 1 atom stereocenters. The summed E-state index contributed by atoms with van der Waals surface area (Å²) in [7, 11) is 0. The molecule has 0 amide bonds. The van der Waals surface area contributed by atoms with Crippen molar-refractivity contribution in [1.82, 2.24) is 5.32 Å². The quantitative estimate of drug-likeness (QED) is 0.232. The second-order valence-electron chi connectivity index (χ2n) is 5.74. The van der Waals surface area contributed by atoms with Crippen LogP contribution in [-0.4, -0.2) is 30.3 Å². The van der Waals surface area contributed by atoms with Gasteiger partial charge in [-0.05, 0) is 24.8 Å². The van der Waals surface area contributed by atoms with Crippen LogP contribution in [-0.2, 0) is 0 Å². The molecule has 0 saturated heterocycles. The summed E-state index contributed by atoms with van der Waals surface area (Å²) in [6.07, 6.45) is 1.12. The summed E-state index contributed by atoms with van der Waals surface area (Å²) < 4.78 is 38.0. The minimum absolute atomic E-state index is 0.345. The van der Waals surface area contributed by atoms with Gasteiger partial charge >= 0.3 is 6.18 Å². The van der Waals surface area contributed by atoms with E-state index in [-0.39, 0.29) is 6.54 Å². The van der Waals surface area contributed by atoms with E-state index in [0.29, 0.717) is 12.5 Å². The van der Waals surface area contributed by atoms with Gasteiger partial charge in [0.1, 0.15) is 5.92 Å². The third-order valence-electron chi connectivity index (χ3n) is 4.08. The molecule has 1 unspecified atom stereocenters. The van der Waals surface area contributed by atoms with Gasteiger partial charge in [0, 0.05) is 6.54 Å². The van der Waals surface area contributed by atoms with Gasteiger partial charge in [-0.3, -0.25) is 0 Å². The minimum atomic E-state index is -4.50. The third-order valence-corrected chi connectivity index (χ3v) is 4.08. The Balaban J connectivity index is 2.27. The van der Waals surface area contributed by atoms with E-state index >= 15 is 0 Å². The molecule has 1 saturated carbocycles. The first-order valence-corrected chi connectivity index (χ1v) is 7.09. The maximum Gasteiger partial charge on any atom is 0.400 e. The first kappa shape index (κ1) is 17.1. The van der Waals surface area contributed by atoms with Gasteiger partial charge in [0.05, 0.1) is 0 Å². The Morgan fingerprint density at radius 3 is 2.45 bits per heavy atom. The summed E-state index contributed by atoms with van der Waals surface area (Å²) in [5.74, 6) is -1.35. The molecule has 7 heteroatoms. The molecule has 0 bridgehead atoms. The van der Waals surface area contributed by atoms with E-state index in [9.17, 15) is 13.2 Å². The van der Waals surface area contributed by atoms with Crippen LogP contribution in [0.4, 0.5) is 13.2 Å². The first-order valence-electron chi connectivity index (χ1n) is 7.09. The molecule has 0 spiro atoms. The van der Waals surface area contributed by atoms with Gasteiger partial charge in [0.2, 0.25) is 0 Å². The highest BCUT2D eigenvalue weighted by molar-refractivity contribution is 5.83. The number of hydrogen-bond donors (Lipinski definition) is 3. The lowest BCUT2D eigenvalue weighted by Crippen LogP contribution is -2.43. The van der Waals surface area contributed by atoms with Crippen LogP contribution in [0.15, 0.2) is 5.16 Å². The van der Waals surface area contributed by atoms with E-state index in [1.807, 2.05) is 0 Å². The zero-order valence-electron chi connectivity index (χ0n) is 11.8. The molecule has 1 rings (SSSR count). The van der Waals surface area contributed by atoms with Crippen molar-refractivity contribution in [2.75, 3.05) is 13.1 Å². The van der Waals surface area contributed by atoms with E-state index in [1.165, 1.54) is 12.8 Å². The van der Waals surface area contributed by atoms with Crippen molar-refractivity contribution in [1.29, 1.82) is 0 Å². The lowest BCUT2D eigenvalue weighted by molar-refractivity contribution is -0.154. The Labute approximate surface area is 117 Å². The normalized spacial score (nSPS) is 26.5. The summed E-state index contributed by atoms with van der Waals surface area (Å²) in [6, 6.07) is 0. The molecule has 1 aliphatic carbocycles. The van der Waals surface area contributed by atoms with Gasteiger partial charge in [-0.1, -0.05) is 37.8 Å². The number of rotatable bonds is 6. The van der Waals surface area contributed by atoms with E-state index in [4.69, 9.17) is 10.9 Å². The summed E-state index contributed by atoms with van der Waals surface area (Å²) in [4.78, 5) is 0. The van der Waals surface area contributed by atoms with E-state index < -0.39 is 17.9 Å². The fourth-order valence-corrected chi connectivity index (χ4v) is 2.63. The Kier molecular flexibility index (Phi) is 6.58. The van der Waals surface area contributed by atoms with Crippen molar-refractivity contribution in [2.45, 2.75) is 45.2 Å². The summed E-state index contributed by atoms with van der Waals surface area (Å²) in [5.41, 5.74) is 5.08. The van der Waals surface area contributed by atoms with Gasteiger partial charge in [-0.2, -0.15) is 13.2 Å². The van der Waals surface area contributed by atoms with Crippen molar-refractivity contribution >= 4 is 5.84 Å². The molecule has 4 N–H and O–H groups in total. The van der Waals surface area contributed by atoms with Gasteiger partial charge in [-0.25, -0.2) is 0 Å². The summed E-state index contributed by atoms with van der Waals surface area (Å²) in [6.45, 7) is 2.42. The topological polar surface area (TPSA) is 70.6 Å². The molecule has 0 radical (unpaired) electrons. The number of amidine groups is 1. The number of nitrogens with two attached hydrogens (primary N) is 1. The van der Waals surface area contributed by atoms with Crippen molar-refractivity contribution in [2.24, 2.45) is 28.6 Å². The lowest BCUT2D eigenvalue weighted by Gasteiger charge is -2.26. The molecule has 118 valence electrons. The first-order chi connectivity index (χ1) is 9.34. The van der Waals surface area contributed by atoms with E-state index in [2.05, 4.69) is 17.4 Å². The SMILES string of the molecule is CC1CCC(CCNCC(C(N)=NO)C(F)(F)F)CC1. The Morgan fingerprint density at radius 1 is 1.35 bits per heavy atom. The Bertz CT molecular complexity index is 312. The molecule has 1 aliphatic rings. The number of nitrogens with one attached hydrogen (secondary N) is 1. The number of halogens is 3. The maximum absolute atomic E-state index is 12.7. The number of hydrogen-bond acceptors (Lipinski definition) is 3. The molecule has 1 fully saturated rings. The average Bonchev–Trinajstić information content (AvgIpc) is 2.38. The molecule has 20 heavy (non-hydrogen) atoms. The van der Waals surface area contributed by atoms with Crippen LogP contribution >= 0.6 is 0 Å². The minimum Gasteiger partial charge on any atom is -0.409 e. The second-order valence-corrected chi connectivity index (χ2v) is 5.74. The fourth-order valence-electron chi connectivity index (χ4n) is 2.63. The largest absolute Gasteiger partial charge is 0.409 e. The van der Waals surface area contributed by atoms with Gasteiger partial charge in [0.25, 0.3) is 0 Å². The van der Waals surface area contributed by atoms with Crippen LogP contribution in [0.25, 0.3) is 0 Å². The van der Waals surface area contributed by atoms with Crippen molar-refractivity contribution in [3.8, 4) is 0 Å². The predicted molar refractivity (Wildman–Crippen MR) is 71.6 cm³/mol. The second kappa shape index (κ2) is 7.71. The predicted octanol–water partition coefficient (Wildman–Crippen LogP) is 2.72. The maximum atomic E-state index is 12.7. The fraction of sp³-hybridized carbons (Fsp3) is 0.923. The van der Waals surface area contributed by atoms with Gasteiger partial charge in [0.15, 0.2) is 5.84 Å². The number of alkyl halides is 3. The number of oxime groups is 1. The summed E-state index contributed by atoms with van der Waals surface area (Å²) in [5, 5.41) is 13.6. The molecule has 0 heterocycles. The number of nitrogens with zero attached hydrogens (tertiary/aromatic N) is 1. The molecule has 0 aliphatic heterocycles. The standard InChI is InChI=1S/C13H24F3N3O/c1-9-2-4-10(5-3-9)6-7-18-8-11(12(17)19-20)13(14,15)16/h9-11,18,20H,2-8H2,1H3,(H2,17,19). The third kappa shape index (κ3) is 5.56. The smallest absolute Gasteiger partial charge is 0.400 e. The molecule has 0 aromatic carbocycles. The van der Waals surface area contributed by atoms with Crippen molar-refractivity contribution < 1.29 is 18.4 Å². The van der Waals surface area contributed by atoms with Gasteiger partial charge in [-0.15, -0.1) is 0 Å². The van der Waals surface area contributed by atoms with Crippen molar-refractivity contribution in [3.05, 3.63) is 0 Å². The zero-order chi connectivity index (χ0) is 15.2. The zero-order valence-corrected chi connectivity index (χ0v) is 11.8. The highest BCUT2D eigenvalue weighted by Crippen LogP contribution is 2.30. The van der Waals surface area contributed by atoms with Crippen LogP contribution in [0.3, 0.4) is 0 Å². The van der Waals surface area contributed by atoms with E-state index in [1.54, 1.807) is 0 Å². The Hall–Kier alpha value is -0.980. The Morgan fingerprint density at radius 2 is 1.95 bits per heavy atom. The summed E-state index contributed by atoms with van der Waals surface area (Å²) >= 11 is 0. The van der Waals surface area contributed by atoms with Crippen molar-refractivity contribution in [3.63, 3.8) is 0 Å². The van der Waals surface area contributed by atoms with Crippen LogP contribution in [0.5, 0.6) is 0 Å². The molecule has 4 nitrogen and oxygen atoms in total. The monoisotopic (exact) mass is 295 g/mol. The van der Waals surface area contributed by atoms with Crippen LogP contribution in [0.1, 0.15) is 39.0 Å². The molecule has 0 aromatic heterocycles. The molecular formula is C13H24F3N3O. The van der Waals surface area contributed by atoms with Gasteiger partial charge < -0.3 is 16.3 Å². The molecular weight excluding hydrogens is 271 g/mol.